The second kappa shape index (κ2) is 7.44. The van der Waals surface area contributed by atoms with E-state index in [-0.39, 0.29) is 0 Å². The summed E-state index contributed by atoms with van der Waals surface area (Å²) in [7, 11) is 1.79. The highest BCUT2D eigenvalue weighted by Gasteiger charge is 2.20. The van der Waals surface area contributed by atoms with Gasteiger partial charge in [0.2, 0.25) is 0 Å². The minimum Gasteiger partial charge on any atom is -0.493 e. The monoisotopic (exact) mass is 304 g/mol. The summed E-state index contributed by atoms with van der Waals surface area (Å²) < 4.78 is 10.8. The molecule has 0 aromatic heterocycles. The number of ether oxygens (including phenoxy) is 2. The molecule has 0 aliphatic carbocycles. The smallest absolute Gasteiger partial charge is 0.122 e. The first-order chi connectivity index (χ1) is 10.8. The third-order valence-electron chi connectivity index (χ3n) is 4.91. The molecule has 0 amide bonds. The number of rotatable bonds is 6. The Balaban J connectivity index is 1.43. The minimum absolute atomic E-state index is 0.531. The number of fused-ring (bicyclic) bond motifs is 1. The molecule has 1 fully saturated rings. The van der Waals surface area contributed by atoms with Crippen LogP contribution in [-0.2, 0) is 17.6 Å². The molecule has 122 valence electrons. The first-order valence-corrected chi connectivity index (χ1v) is 8.46. The van der Waals surface area contributed by atoms with Crippen molar-refractivity contribution >= 4 is 0 Å². The number of hydrogen-bond acceptors (Lipinski definition) is 4. The number of hydrogen-bond donors (Lipinski definition) is 0. The van der Waals surface area contributed by atoms with Crippen molar-refractivity contribution in [2.75, 3.05) is 53.0 Å². The van der Waals surface area contributed by atoms with Gasteiger partial charge in [-0.05, 0) is 30.5 Å². The molecular formula is C18H28N2O2. The summed E-state index contributed by atoms with van der Waals surface area (Å²) in [6, 6.07) is 7.23. The van der Waals surface area contributed by atoms with Gasteiger partial charge >= 0.3 is 0 Å². The van der Waals surface area contributed by atoms with Gasteiger partial charge in [0.25, 0.3) is 0 Å². The predicted molar refractivity (Wildman–Crippen MR) is 88.7 cm³/mol. The third kappa shape index (κ3) is 3.80. The van der Waals surface area contributed by atoms with E-state index in [1.54, 1.807) is 7.11 Å². The molecule has 0 bridgehead atoms. The molecule has 2 aliphatic heterocycles. The Hall–Kier alpha value is -1.10. The van der Waals surface area contributed by atoms with Gasteiger partial charge in [-0.3, -0.25) is 4.90 Å². The van der Waals surface area contributed by atoms with Crippen molar-refractivity contribution in [1.29, 1.82) is 0 Å². The van der Waals surface area contributed by atoms with Crippen molar-refractivity contribution in [2.45, 2.75) is 25.8 Å². The highest BCUT2D eigenvalue weighted by Crippen LogP contribution is 2.26. The van der Waals surface area contributed by atoms with Gasteiger partial charge < -0.3 is 14.4 Å². The first-order valence-electron chi connectivity index (χ1n) is 8.46. The van der Waals surface area contributed by atoms with Gasteiger partial charge in [-0.15, -0.1) is 0 Å². The van der Waals surface area contributed by atoms with Gasteiger partial charge in [-0.25, -0.2) is 0 Å². The fourth-order valence-corrected chi connectivity index (χ4v) is 3.46. The van der Waals surface area contributed by atoms with Crippen LogP contribution in [0.1, 0.15) is 18.1 Å². The van der Waals surface area contributed by atoms with Crippen LogP contribution in [0.4, 0.5) is 0 Å². The summed E-state index contributed by atoms with van der Waals surface area (Å²) in [6.45, 7) is 9.74. The maximum atomic E-state index is 5.58. The molecule has 1 aromatic rings. The van der Waals surface area contributed by atoms with Crippen LogP contribution in [0.5, 0.6) is 5.75 Å². The summed E-state index contributed by atoms with van der Waals surface area (Å²) in [6.07, 6.45) is 2.21. The molecule has 2 aliphatic rings. The molecule has 4 nitrogen and oxygen atoms in total. The van der Waals surface area contributed by atoms with Crippen LogP contribution in [-0.4, -0.2) is 68.9 Å². The van der Waals surface area contributed by atoms with Crippen LogP contribution >= 0.6 is 0 Å². The molecule has 1 atom stereocenters. The highest BCUT2D eigenvalue weighted by atomic mass is 16.5. The van der Waals surface area contributed by atoms with E-state index in [0.29, 0.717) is 6.04 Å². The number of methoxy groups -OCH3 is 1. The quantitative estimate of drug-likeness (QED) is 0.800. The molecule has 1 saturated heterocycles. The second-order valence-electron chi connectivity index (χ2n) is 6.47. The number of piperazine rings is 1. The molecule has 0 unspecified atom stereocenters. The number of benzene rings is 1. The van der Waals surface area contributed by atoms with Crippen LogP contribution in [0.3, 0.4) is 0 Å². The highest BCUT2D eigenvalue weighted by molar-refractivity contribution is 5.39. The van der Waals surface area contributed by atoms with E-state index in [9.17, 15) is 0 Å². The topological polar surface area (TPSA) is 24.9 Å². The molecule has 2 heterocycles. The Kier molecular flexibility index (Phi) is 5.34. The minimum atomic E-state index is 0.531. The van der Waals surface area contributed by atoms with E-state index in [2.05, 4.69) is 34.9 Å². The molecule has 4 heteroatoms. The van der Waals surface area contributed by atoms with Crippen LogP contribution in [0.15, 0.2) is 18.2 Å². The average molecular weight is 304 g/mol. The maximum absolute atomic E-state index is 5.58. The van der Waals surface area contributed by atoms with Gasteiger partial charge in [0, 0.05) is 52.3 Å². The lowest BCUT2D eigenvalue weighted by molar-refractivity contribution is 0.0577. The summed E-state index contributed by atoms with van der Waals surface area (Å²) >= 11 is 0. The third-order valence-corrected chi connectivity index (χ3v) is 4.91. The lowest BCUT2D eigenvalue weighted by Gasteiger charge is -2.37. The lowest BCUT2D eigenvalue weighted by Crippen LogP contribution is -2.50. The Morgan fingerprint density at radius 2 is 2.05 bits per heavy atom. The van der Waals surface area contributed by atoms with Crippen LogP contribution in [0.25, 0.3) is 0 Å². The SMILES string of the molecule is COC[C@H](C)N1CCN(CCc2ccc3c(c2)CCO3)CC1. The fraction of sp³-hybridized carbons (Fsp3) is 0.667. The van der Waals surface area contributed by atoms with Crippen LogP contribution in [0.2, 0.25) is 0 Å². The molecular weight excluding hydrogens is 276 g/mol. The van der Waals surface area contributed by atoms with E-state index in [4.69, 9.17) is 9.47 Å². The van der Waals surface area contributed by atoms with E-state index in [0.717, 1.165) is 51.4 Å². The summed E-state index contributed by atoms with van der Waals surface area (Å²) in [5.41, 5.74) is 2.83. The molecule has 3 rings (SSSR count). The van der Waals surface area contributed by atoms with Crippen LogP contribution in [0, 0.1) is 0 Å². The first kappa shape index (κ1) is 15.8. The van der Waals surface area contributed by atoms with Crippen molar-refractivity contribution in [1.82, 2.24) is 9.80 Å². The van der Waals surface area contributed by atoms with E-state index in [1.165, 1.54) is 24.2 Å². The summed E-state index contributed by atoms with van der Waals surface area (Å²) in [4.78, 5) is 5.12. The number of nitrogens with zero attached hydrogens (tertiary/aromatic N) is 2. The molecule has 1 aromatic carbocycles. The zero-order valence-electron chi connectivity index (χ0n) is 13.9. The average Bonchev–Trinajstić information content (AvgIpc) is 3.01. The van der Waals surface area contributed by atoms with Gasteiger partial charge in [-0.1, -0.05) is 12.1 Å². The van der Waals surface area contributed by atoms with Crippen molar-refractivity contribution in [3.63, 3.8) is 0 Å². The Morgan fingerprint density at radius 1 is 1.23 bits per heavy atom. The Labute approximate surface area is 134 Å². The molecule has 0 radical (unpaired) electrons. The van der Waals surface area contributed by atoms with E-state index in [1.807, 2.05) is 0 Å². The standard InChI is InChI=1S/C18H28N2O2/c1-15(14-21-2)20-10-8-19(9-11-20)7-5-16-3-4-18-17(13-16)6-12-22-18/h3-4,13,15H,5-12,14H2,1-2H3/t15-/m0/s1. The zero-order valence-corrected chi connectivity index (χ0v) is 13.9. The van der Waals surface area contributed by atoms with Gasteiger partial charge in [-0.2, -0.15) is 0 Å². The van der Waals surface area contributed by atoms with Crippen molar-refractivity contribution in [3.05, 3.63) is 29.3 Å². The zero-order chi connectivity index (χ0) is 15.4. The lowest BCUT2D eigenvalue weighted by atomic mass is 10.1. The summed E-state index contributed by atoms with van der Waals surface area (Å²) in [5, 5.41) is 0. The van der Waals surface area contributed by atoms with Crippen molar-refractivity contribution < 1.29 is 9.47 Å². The maximum Gasteiger partial charge on any atom is 0.122 e. The molecule has 0 saturated carbocycles. The molecule has 0 spiro atoms. The van der Waals surface area contributed by atoms with E-state index >= 15 is 0 Å². The fourth-order valence-electron chi connectivity index (χ4n) is 3.46. The summed E-state index contributed by atoms with van der Waals surface area (Å²) in [5.74, 6) is 1.09. The van der Waals surface area contributed by atoms with Gasteiger partial charge in [0.15, 0.2) is 0 Å². The second-order valence-corrected chi connectivity index (χ2v) is 6.47. The molecule has 0 N–H and O–H groups in total. The van der Waals surface area contributed by atoms with Crippen molar-refractivity contribution in [2.24, 2.45) is 0 Å². The Morgan fingerprint density at radius 3 is 2.82 bits per heavy atom. The predicted octanol–water partition coefficient (Wildman–Crippen LogP) is 1.82. The molecule has 22 heavy (non-hydrogen) atoms. The normalized spacial score (nSPS) is 20.6. The van der Waals surface area contributed by atoms with Gasteiger partial charge in [0.1, 0.15) is 5.75 Å². The Bertz CT molecular complexity index is 484. The van der Waals surface area contributed by atoms with E-state index < -0.39 is 0 Å². The largest absolute Gasteiger partial charge is 0.493 e. The van der Waals surface area contributed by atoms with Crippen molar-refractivity contribution in [3.8, 4) is 5.75 Å². The van der Waals surface area contributed by atoms with Gasteiger partial charge in [0.05, 0.1) is 13.2 Å². The van der Waals surface area contributed by atoms with Crippen LogP contribution < -0.4 is 4.74 Å².